The van der Waals surface area contributed by atoms with Gasteiger partial charge in [-0.3, -0.25) is 19.4 Å². The molecule has 2 amide bonds. The molecule has 9 heteroatoms. The van der Waals surface area contributed by atoms with Crippen molar-refractivity contribution in [2.45, 2.75) is 12.1 Å². The first-order chi connectivity index (χ1) is 13.5. The molecule has 0 aliphatic rings. The van der Waals surface area contributed by atoms with Crippen LogP contribution in [0.2, 0.25) is 0 Å². The standard InChI is InChI=1S/C19H17N5O3S/c1-12(25)20-14-7-9-15(10-8-14)21-16(26)11-28-19-22-18(27)17(23-24-19)13-5-3-2-4-6-13/h2-10H,11H2,1H3,(H,20,25)(H,21,26)(H,22,24,27). The average molecular weight is 395 g/mol. The number of nitrogens with one attached hydrogen (secondary N) is 3. The molecule has 1 heterocycles. The number of hydrogen-bond acceptors (Lipinski definition) is 6. The Morgan fingerprint density at radius 3 is 2.21 bits per heavy atom. The highest BCUT2D eigenvalue weighted by atomic mass is 32.2. The van der Waals surface area contributed by atoms with Gasteiger partial charge in [0.05, 0.1) is 5.75 Å². The van der Waals surface area contributed by atoms with Crippen LogP contribution in [0.1, 0.15) is 6.92 Å². The Morgan fingerprint density at radius 1 is 0.964 bits per heavy atom. The molecule has 0 bridgehead atoms. The maximum Gasteiger partial charge on any atom is 0.278 e. The Hall–Kier alpha value is -3.46. The second-order valence-electron chi connectivity index (χ2n) is 5.77. The molecule has 8 nitrogen and oxygen atoms in total. The summed E-state index contributed by atoms with van der Waals surface area (Å²) < 4.78 is 0. The maximum absolute atomic E-state index is 12.2. The van der Waals surface area contributed by atoms with E-state index in [0.717, 1.165) is 11.8 Å². The Balaban J connectivity index is 1.56. The number of anilines is 2. The number of nitrogens with zero attached hydrogens (tertiary/aromatic N) is 2. The number of carbonyl (C=O) groups excluding carboxylic acids is 2. The lowest BCUT2D eigenvalue weighted by atomic mass is 10.2. The molecule has 0 unspecified atom stereocenters. The Kier molecular flexibility index (Phi) is 6.18. The minimum absolute atomic E-state index is 0.0583. The number of aromatic nitrogens is 3. The van der Waals surface area contributed by atoms with Gasteiger partial charge < -0.3 is 10.6 Å². The summed E-state index contributed by atoms with van der Waals surface area (Å²) in [7, 11) is 0. The van der Waals surface area contributed by atoms with Gasteiger partial charge in [-0.2, -0.15) is 0 Å². The van der Waals surface area contributed by atoms with Crippen LogP contribution in [0.5, 0.6) is 0 Å². The fraction of sp³-hybridized carbons (Fsp3) is 0.105. The van der Waals surface area contributed by atoms with Gasteiger partial charge in [0.1, 0.15) is 0 Å². The number of hydrogen-bond donors (Lipinski definition) is 3. The van der Waals surface area contributed by atoms with E-state index in [0.29, 0.717) is 16.9 Å². The first-order valence-corrected chi connectivity index (χ1v) is 9.32. The van der Waals surface area contributed by atoms with E-state index in [-0.39, 0.29) is 34.0 Å². The third kappa shape index (κ3) is 5.27. The molecule has 0 saturated carbocycles. The monoisotopic (exact) mass is 395 g/mol. The third-order valence-corrected chi connectivity index (χ3v) is 4.42. The van der Waals surface area contributed by atoms with Gasteiger partial charge in [-0.1, -0.05) is 42.1 Å². The minimum Gasteiger partial charge on any atom is -0.326 e. The van der Waals surface area contributed by atoms with Crippen molar-refractivity contribution in [3.63, 3.8) is 0 Å². The molecule has 2 aromatic carbocycles. The van der Waals surface area contributed by atoms with E-state index >= 15 is 0 Å². The number of aromatic amines is 1. The van der Waals surface area contributed by atoms with Crippen molar-refractivity contribution in [3.8, 4) is 11.3 Å². The molecule has 0 aliphatic carbocycles. The summed E-state index contributed by atoms with van der Waals surface area (Å²) >= 11 is 1.08. The largest absolute Gasteiger partial charge is 0.326 e. The fourth-order valence-corrected chi connectivity index (χ4v) is 2.95. The van der Waals surface area contributed by atoms with Gasteiger partial charge in [-0.25, -0.2) is 0 Å². The predicted octanol–water partition coefficient (Wildman–Crippen LogP) is 2.52. The van der Waals surface area contributed by atoms with Crippen LogP contribution in [0.4, 0.5) is 11.4 Å². The number of thioether (sulfide) groups is 1. The summed E-state index contributed by atoms with van der Waals surface area (Å²) in [6, 6.07) is 15.8. The SMILES string of the molecule is CC(=O)Nc1ccc(NC(=O)CSc2nnc(-c3ccccc3)c(=O)[nH]2)cc1. The van der Waals surface area contributed by atoms with Gasteiger partial charge in [-0.15, -0.1) is 10.2 Å². The van der Waals surface area contributed by atoms with Crippen LogP contribution in [-0.4, -0.2) is 32.7 Å². The van der Waals surface area contributed by atoms with Gasteiger partial charge in [0.15, 0.2) is 10.9 Å². The van der Waals surface area contributed by atoms with Crippen LogP contribution >= 0.6 is 11.8 Å². The zero-order valence-corrected chi connectivity index (χ0v) is 15.7. The van der Waals surface area contributed by atoms with Crippen molar-refractivity contribution in [3.05, 3.63) is 65.0 Å². The number of H-pyrrole nitrogens is 1. The molecule has 0 saturated heterocycles. The van der Waals surface area contributed by atoms with Crippen LogP contribution < -0.4 is 16.2 Å². The first-order valence-electron chi connectivity index (χ1n) is 8.34. The van der Waals surface area contributed by atoms with Gasteiger partial charge >= 0.3 is 0 Å². The molecule has 28 heavy (non-hydrogen) atoms. The zero-order valence-electron chi connectivity index (χ0n) is 14.9. The van der Waals surface area contributed by atoms with Gasteiger partial charge in [0, 0.05) is 23.9 Å². The van der Waals surface area contributed by atoms with Crippen molar-refractivity contribution >= 4 is 35.0 Å². The zero-order chi connectivity index (χ0) is 19.9. The topological polar surface area (TPSA) is 117 Å². The van der Waals surface area contributed by atoms with Crippen LogP contribution in [0.25, 0.3) is 11.3 Å². The normalized spacial score (nSPS) is 10.3. The number of rotatable bonds is 6. The molecular weight excluding hydrogens is 378 g/mol. The predicted molar refractivity (Wildman–Crippen MR) is 108 cm³/mol. The summed E-state index contributed by atoms with van der Waals surface area (Å²) in [5.74, 6) is -0.364. The summed E-state index contributed by atoms with van der Waals surface area (Å²) in [5.41, 5.74) is 1.78. The van der Waals surface area contributed by atoms with Crippen molar-refractivity contribution in [2.24, 2.45) is 0 Å². The smallest absolute Gasteiger partial charge is 0.278 e. The molecule has 1 aromatic heterocycles. The van der Waals surface area contributed by atoms with Crippen LogP contribution in [0, 0.1) is 0 Å². The van der Waals surface area contributed by atoms with Crippen LogP contribution in [0.3, 0.4) is 0 Å². The van der Waals surface area contributed by atoms with E-state index in [4.69, 9.17) is 0 Å². The van der Waals surface area contributed by atoms with Crippen molar-refractivity contribution in [2.75, 3.05) is 16.4 Å². The van der Waals surface area contributed by atoms with E-state index in [1.807, 2.05) is 18.2 Å². The lowest BCUT2D eigenvalue weighted by Crippen LogP contribution is -2.17. The van der Waals surface area contributed by atoms with Gasteiger partial charge in [-0.05, 0) is 24.3 Å². The molecule has 0 radical (unpaired) electrons. The van der Waals surface area contributed by atoms with Gasteiger partial charge in [0.25, 0.3) is 5.56 Å². The summed E-state index contributed by atoms with van der Waals surface area (Å²) in [4.78, 5) is 37.9. The highest BCUT2D eigenvalue weighted by Crippen LogP contribution is 2.16. The summed E-state index contributed by atoms with van der Waals surface area (Å²) in [6.07, 6.45) is 0. The van der Waals surface area contributed by atoms with Crippen molar-refractivity contribution in [1.29, 1.82) is 0 Å². The first kappa shape index (κ1) is 19.3. The highest BCUT2D eigenvalue weighted by Gasteiger charge is 2.10. The molecule has 0 fully saturated rings. The second-order valence-corrected chi connectivity index (χ2v) is 6.73. The lowest BCUT2D eigenvalue weighted by Gasteiger charge is -2.07. The molecular formula is C19H17N5O3S. The van der Waals surface area contributed by atoms with E-state index in [2.05, 4.69) is 25.8 Å². The fourth-order valence-electron chi connectivity index (χ4n) is 2.34. The number of carbonyl (C=O) groups is 2. The molecule has 0 aliphatic heterocycles. The van der Waals surface area contributed by atoms with Crippen molar-refractivity contribution in [1.82, 2.24) is 15.2 Å². The van der Waals surface area contributed by atoms with E-state index < -0.39 is 0 Å². The average Bonchev–Trinajstić information content (AvgIpc) is 2.68. The lowest BCUT2D eigenvalue weighted by molar-refractivity contribution is -0.114. The maximum atomic E-state index is 12.2. The van der Waals surface area contributed by atoms with E-state index in [9.17, 15) is 14.4 Å². The Labute approximate surface area is 164 Å². The highest BCUT2D eigenvalue weighted by molar-refractivity contribution is 7.99. The molecule has 142 valence electrons. The summed E-state index contributed by atoms with van der Waals surface area (Å²) in [6.45, 7) is 1.42. The molecule has 3 rings (SSSR count). The third-order valence-electron chi connectivity index (χ3n) is 3.55. The molecule has 0 spiro atoms. The van der Waals surface area contributed by atoms with Crippen molar-refractivity contribution < 1.29 is 9.59 Å². The van der Waals surface area contributed by atoms with Gasteiger partial charge in [0.2, 0.25) is 11.8 Å². The summed E-state index contributed by atoms with van der Waals surface area (Å²) in [5, 5.41) is 13.6. The number of amides is 2. The van der Waals surface area contributed by atoms with E-state index in [1.54, 1.807) is 36.4 Å². The second kappa shape index (κ2) is 8.96. The Morgan fingerprint density at radius 2 is 1.61 bits per heavy atom. The van der Waals surface area contributed by atoms with Crippen LogP contribution in [-0.2, 0) is 9.59 Å². The molecule has 3 aromatic rings. The Bertz CT molecular complexity index is 1040. The quantitative estimate of drug-likeness (QED) is 0.552. The number of benzene rings is 2. The molecule has 3 N–H and O–H groups in total. The van der Waals surface area contributed by atoms with E-state index in [1.165, 1.54) is 6.92 Å². The van der Waals surface area contributed by atoms with Crippen LogP contribution in [0.15, 0.2) is 64.5 Å². The minimum atomic E-state index is -0.363. The molecule has 0 atom stereocenters.